The summed E-state index contributed by atoms with van der Waals surface area (Å²) in [6, 6.07) is 4.48. The number of benzene rings is 1. The standard InChI is InChI=1S/C16H23BrFN3O2/c1-20-7-9-21(10-8-20)6-2-5-19-16(22)12-23-15-4-3-13(17)11-14(15)18/h3-4,11H,2,5-10,12H2,1H3,(H,19,22). The number of hydrogen-bond acceptors (Lipinski definition) is 4. The molecule has 0 bridgehead atoms. The minimum Gasteiger partial charge on any atom is -0.481 e. The first-order valence-corrected chi connectivity index (χ1v) is 8.59. The lowest BCUT2D eigenvalue weighted by Gasteiger charge is -2.32. The number of ether oxygens (including phenoxy) is 1. The molecule has 1 N–H and O–H groups in total. The predicted molar refractivity (Wildman–Crippen MR) is 91.2 cm³/mol. The Labute approximate surface area is 144 Å². The highest BCUT2D eigenvalue weighted by Gasteiger charge is 2.13. The summed E-state index contributed by atoms with van der Waals surface area (Å²) in [4.78, 5) is 16.4. The van der Waals surface area contributed by atoms with E-state index in [9.17, 15) is 9.18 Å². The van der Waals surface area contributed by atoms with Gasteiger partial charge in [0, 0.05) is 37.2 Å². The summed E-state index contributed by atoms with van der Waals surface area (Å²) in [5.41, 5.74) is 0. The molecular formula is C16H23BrFN3O2. The molecule has 1 amide bonds. The maximum atomic E-state index is 13.5. The topological polar surface area (TPSA) is 44.8 Å². The van der Waals surface area contributed by atoms with Crippen LogP contribution < -0.4 is 10.1 Å². The smallest absolute Gasteiger partial charge is 0.257 e. The summed E-state index contributed by atoms with van der Waals surface area (Å²) >= 11 is 3.17. The number of nitrogens with zero attached hydrogens (tertiary/aromatic N) is 2. The normalized spacial score (nSPS) is 16.3. The van der Waals surface area contributed by atoms with Gasteiger partial charge in [-0.2, -0.15) is 0 Å². The molecule has 128 valence electrons. The van der Waals surface area contributed by atoms with Crippen LogP contribution in [0.2, 0.25) is 0 Å². The average Bonchev–Trinajstić information content (AvgIpc) is 2.52. The van der Waals surface area contributed by atoms with Crippen molar-refractivity contribution in [2.45, 2.75) is 6.42 Å². The Morgan fingerprint density at radius 3 is 2.78 bits per heavy atom. The molecule has 1 aliphatic rings. The van der Waals surface area contributed by atoms with Crippen LogP contribution in [0.4, 0.5) is 4.39 Å². The summed E-state index contributed by atoms with van der Waals surface area (Å²) in [6.07, 6.45) is 0.905. The number of likely N-dealkylation sites (N-methyl/N-ethyl adjacent to an activating group) is 1. The van der Waals surface area contributed by atoms with Gasteiger partial charge in [-0.1, -0.05) is 15.9 Å². The highest BCUT2D eigenvalue weighted by Crippen LogP contribution is 2.21. The number of carbonyl (C=O) groups is 1. The van der Waals surface area contributed by atoms with E-state index in [1.165, 1.54) is 12.1 Å². The molecule has 1 heterocycles. The van der Waals surface area contributed by atoms with Crippen molar-refractivity contribution in [3.8, 4) is 5.75 Å². The number of hydrogen-bond donors (Lipinski definition) is 1. The second-order valence-electron chi connectivity index (χ2n) is 5.71. The van der Waals surface area contributed by atoms with Crippen LogP contribution in [0.25, 0.3) is 0 Å². The summed E-state index contributed by atoms with van der Waals surface area (Å²) < 4.78 is 19.4. The number of amides is 1. The summed E-state index contributed by atoms with van der Waals surface area (Å²) in [5, 5.41) is 2.80. The molecule has 0 unspecified atom stereocenters. The quantitative estimate of drug-likeness (QED) is 0.723. The fourth-order valence-corrected chi connectivity index (χ4v) is 2.72. The van der Waals surface area contributed by atoms with Crippen molar-refractivity contribution in [1.82, 2.24) is 15.1 Å². The second-order valence-corrected chi connectivity index (χ2v) is 6.63. The van der Waals surface area contributed by atoms with Crippen LogP contribution in [-0.2, 0) is 4.79 Å². The number of carbonyl (C=O) groups excluding carboxylic acids is 1. The first kappa shape index (κ1) is 18.2. The maximum absolute atomic E-state index is 13.5. The van der Waals surface area contributed by atoms with Crippen molar-refractivity contribution in [1.29, 1.82) is 0 Å². The molecule has 1 aromatic carbocycles. The number of nitrogens with one attached hydrogen (secondary N) is 1. The first-order valence-electron chi connectivity index (χ1n) is 7.80. The van der Waals surface area contributed by atoms with E-state index in [1.807, 2.05) is 0 Å². The molecule has 1 fully saturated rings. The zero-order valence-corrected chi connectivity index (χ0v) is 14.9. The van der Waals surface area contributed by atoms with E-state index in [0.717, 1.165) is 39.1 Å². The van der Waals surface area contributed by atoms with Gasteiger partial charge >= 0.3 is 0 Å². The van der Waals surface area contributed by atoms with E-state index in [4.69, 9.17) is 4.74 Å². The molecule has 23 heavy (non-hydrogen) atoms. The third-order valence-electron chi connectivity index (χ3n) is 3.82. The lowest BCUT2D eigenvalue weighted by molar-refractivity contribution is -0.123. The minimum atomic E-state index is -0.484. The Hall–Kier alpha value is -1.18. The Kier molecular flexibility index (Phi) is 7.26. The van der Waals surface area contributed by atoms with Gasteiger partial charge in [-0.15, -0.1) is 0 Å². The van der Waals surface area contributed by atoms with Gasteiger partial charge in [0.1, 0.15) is 0 Å². The van der Waals surface area contributed by atoms with Gasteiger partial charge in [-0.3, -0.25) is 4.79 Å². The molecule has 0 aliphatic carbocycles. The Morgan fingerprint density at radius 1 is 1.35 bits per heavy atom. The molecule has 2 rings (SSSR count). The molecule has 0 spiro atoms. The van der Waals surface area contributed by atoms with E-state index in [-0.39, 0.29) is 18.3 Å². The van der Waals surface area contributed by atoms with Gasteiger partial charge in [0.25, 0.3) is 5.91 Å². The van der Waals surface area contributed by atoms with Crippen LogP contribution in [0.3, 0.4) is 0 Å². The van der Waals surface area contributed by atoms with Gasteiger partial charge in [-0.05, 0) is 38.2 Å². The van der Waals surface area contributed by atoms with Crippen LogP contribution >= 0.6 is 15.9 Å². The van der Waals surface area contributed by atoms with E-state index in [2.05, 4.69) is 38.1 Å². The fourth-order valence-electron chi connectivity index (χ4n) is 2.39. The van der Waals surface area contributed by atoms with Crippen LogP contribution in [0, 0.1) is 5.82 Å². The van der Waals surface area contributed by atoms with Crippen molar-refractivity contribution in [2.24, 2.45) is 0 Å². The predicted octanol–water partition coefficient (Wildman–Crippen LogP) is 1.72. The Bertz CT molecular complexity index is 522. The van der Waals surface area contributed by atoms with Gasteiger partial charge in [-0.25, -0.2) is 4.39 Å². The van der Waals surface area contributed by atoms with Crippen molar-refractivity contribution in [2.75, 3.05) is 52.9 Å². The first-order chi connectivity index (χ1) is 11.0. The second kappa shape index (κ2) is 9.20. The number of halogens is 2. The molecule has 1 aliphatic heterocycles. The largest absolute Gasteiger partial charge is 0.481 e. The zero-order valence-electron chi connectivity index (χ0n) is 13.4. The molecule has 7 heteroatoms. The Balaban J connectivity index is 1.58. The lowest BCUT2D eigenvalue weighted by Crippen LogP contribution is -2.45. The average molecular weight is 388 g/mol. The molecule has 0 atom stereocenters. The van der Waals surface area contributed by atoms with E-state index in [1.54, 1.807) is 6.07 Å². The third kappa shape index (κ3) is 6.45. The third-order valence-corrected chi connectivity index (χ3v) is 4.32. The molecule has 5 nitrogen and oxygen atoms in total. The van der Waals surface area contributed by atoms with Crippen LogP contribution in [0.1, 0.15) is 6.42 Å². The van der Waals surface area contributed by atoms with Crippen LogP contribution in [-0.4, -0.2) is 68.6 Å². The summed E-state index contributed by atoms with van der Waals surface area (Å²) in [7, 11) is 2.13. The zero-order chi connectivity index (χ0) is 16.7. The summed E-state index contributed by atoms with van der Waals surface area (Å²) in [6.45, 7) is 5.77. The van der Waals surface area contributed by atoms with Crippen molar-refractivity contribution in [3.63, 3.8) is 0 Å². The molecular weight excluding hydrogens is 365 g/mol. The van der Waals surface area contributed by atoms with Crippen molar-refractivity contribution in [3.05, 3.63) is 28.5 Å². The molecule has 0 aromatic heterocycles. The van der Waals surface area contributed by atoms with Gasteiger partial charge < -0.3 is 19.9 Å². The molecule has 1 saturated heterocycles. The van der Waals surface area contributed by atoms with Crippen LogP contribution in [0.15, 0.2) is 22.7 Å². The Morgan fingerprint density at radius 2 is 2.09 bits per heavy atom. The number of piperazine rings is 1. The SMILES string of the molecule is CN1CCN(CCCNC(=O)COc2ccc(Br)cc2F)CC1. The fraction of sp³-hybridized carbons (Fsp3) is 0.562. The summed E-state index contributed by atoms with van der Waals surface area (Å²) in [5.74, 6) is -0.631. The van der Waals surface area contributed by atoms with Crippen LogP contribution in [0.5, 0.6) is 5.75 Å². The van der Waals surface area contributed by atoms with E-state index >= 15 is 0 Å². The van der Waals surface area contributed by atoms with Crippen molar-refractivity contribution >= 4 is 21.8 Å². The monoisotopic (exact) mass is 387 g/mol. The minimum absolute atomic E-state index is 0.0841. The highest BCUT2D eigenvalue weighted by molar-refractivity contribution is 9.10. The number of rotatable bonds is 7. The van der Waals surface area contributed by atoms with Gasteiger partial charge in [0.15, 0.2) is 18.2 Å². The molecule has 0 radical (unpaired) electrons. The lowest BCUT2D eigenvalue weighted by atomic mass is 10.3. The molecule has 0 saturated carbocycles. The maximum Gasteiger partial charge on any atom is 0.257 e. The van der Waals surface area contributed by atoms with Crippen molar-refractivity contribution < 1.29 is 13.9 Å². The molecule has 1 aromatic rings. The van der Waals surface area contributed by atoms with E-state index in [0.29, 0.717) is 11.0 Å². The van der Waals surface area contributed by atoms with E-state index < -0.39 is 5.82 Å². The van der Waals surface area contributed by atoms with Gasteiger partial charge in [0.05, 0.1) is 0 Å². The highest BCUT2D eigenvalue weighted by atomic mass is 79.9. The van der Waals surface area contributed by atoms with Gasteiger partial charge in [0.2, 0.25) is 0 Å².